The minimum atomic E-state index is -0.378. The third kappa shape index (κ3) is 4.92. The smallest absolute Gasteiger partial charge is 0.269 e. The Morgan fingerprint density at radius 2 is 2.39 bits per heavy atom. The number of nitrogens with one attached hydrogen (secondary N) is 1. The van der Waals surface area contributed by atoms with Gasteiger partial charge in [0.25, 0.3) is 5.69 Å². The summed E-state index contributed by atoms with van der Waals surface area (Å²) in [7, 11) is 1.76. The van der Waals surface area contributed by atoms with E-state index in [1.165, 1.54) is 6.07 Å². The third-order valence-electron chi connectivity index (χ3n) is 3.93. The van der Waals surface area contributed by atoms with Gasteiger partial charge in [0.1, 0.15) is 0 Å². The Kier molecular flexibility index (Phi) is 6.34. The van der Waals surface area contributed by atoms with E-state index in [0.717, 1.165) is 44.2 Å². The van der Waals surface area contributed by atoms with Crippen molar-refractivity contribution in [1.29, 1.82) is 0 Å². The van der Waals surface area contributed by atoms with E-state index < -0.39 is 0 Å². The Morgan fingerprint density at radius 3 is 3.09 bits per heavy atom. The zero-order chi connectivity index (χ0) is 16.7. The molecule has 0 aliphatic carbocycles. The SMILES string of the molecule is CCOCC1CCN(C(=NC)NCc2cccc([N+](=O)[O-])c2)C1. The molecule has 1 aliphatic heterocycles. The number of likely N-dealkylation sites (tertiary alicyclic amines) is 1. The van der Waals surface area contributed by atoms with Gasteiger partial charge in [-0.3, -0.25) is 15.1 Å². The number of nitrogens with zero attached hydrogens (tertiary/aromatic N) is 3. The van der Waals surface area contributed by atoms with Crippen LogP contribution in [0.1, 0.15) is 18.9 Å². The molecule has 0 amide bonds. The summed E-state index contributed by atoms with van der Waals surface area (Å²) < 4.78 is 5.49. The number of hydrogen-bond donors (Lipinski definition) is 1. The minimum absolute atomic E-state index is 0.109. The Morgan fingerprint density at radius 1 is 1.57 bits per heavy atom. The topological polar surface area (TPSA) is 80.0 Å². The Labute approximate surface area is 136 Å². The number of nitro groups is 1. The maximum Gasteiger partial charge on any atom is 0.269 e. The molecule has 0 spiro atoms. The molecule has 126 valence electrons. The molecule has 7 heteroatoms. The van der Waals surface area contributed by atoms with Crippen molar-refractivity contribution in [1.82, 2.24) is 10.2 Å². The van der Waals surface area contributed by atoms with E-state index in [9.17, 15) is 10.1 Å². The van der Waals surface area contributed by atoms with Gasteiger partial charge in [0.15, 0.2) is 5.96 Å². The molecule has 0 aromatic heterocycles. The lowest BCUT2D eigenvalue weighted by Crippen LogP contribution is -2.39. The predicted molar refractivity (Wildman–Crippen MR) is 89.5 cm³/mol. The van der Waals surface area contributed by atoms with Gasteiger partial charge in [-0.25, -0.2) is 0 Å². The van der Waals surface area contributed by atoms with Crippen LogP contribution in [0.5, 0.6) is 0 Å². The average molecular weight is 320 g/mol. The number of benzene rings is 1. The van der Waals surface area contributed by atoms with Gasteiger partial charge in [0.05, 0.1) is 11.5 Å². The highest BCUT2D eigenvalue weighted by molar-refractivity contribution is 5.80. The van der Waals surface area contributed by atoms with Gasteiger partial charge in [-0.2, -0.15) is 0 Å². The van der Waals surface area contributed by atoms with Crippen molar-refractivity contribution < 1.29 is 9.66 Å². The normalized spacial score (nSPS) is 18.3. The Balaban J connectivity index is 1.88. The largest absolute Gasteiger partial charge is 0.381 e. The fourth-order valence-corrected chi connectivity index (χ4v) is 2.74. The molecule has 1 N–H and O–H groups in total. The van der Waals surface area contributed by atoms with Crippen molar-refractivity contribution in [3.63, 3.8) is 0 Å². The molecule has 2 rings (SSSR count). The lowest BCUT2D eigenvalue weighted by Gasteiger charge is -2.21. The van der Waals surface area contributed by atoms with E-state index in [1.54, 1.807) is 19.2 Å². The van der Waals surface area contributed by atoms with Crippen LogP contribution >= 0.6 is 0 Å². The highest BCUT2D eigenvalue weighted by Gasteiger charge is 2.24. The lowest BCUT2D eigenvalue weighted by molar-refractivity contribution is -0.384. The number of ether oxygens (including phenoxy) is 1. The second-order valence-corrected chi connectivity index (χ2v) is 5.59. The predicted octanol–water partition coefficient (Wildman–Crippen LogP) is 2.03. The lowest BCUT2D eigenvalue weighted by atomic mass is 10.1. The molecule has 1 aromatic rings. The van der Waals surface area contributed by atoms with Gasteiger partial charge in [0.2, 0.25) is 0 Å². The molecule has 0 radical (unpaired) electrons. The monoisotopic (exact) mass is 320 g/mol. The first-order chi connectivity index (χ1) is 11.1. The molecule has 1 heterocycles. The maximum absolute atomic E-state index is 10.8. The fourth-order valence-electron chi connectivity index (χ4n) is 2.74. The first kappa shape index (κ1) is 17.2. The number of nitro benzene ring substituents is 1. The van der Waals surface area contributed by atoms with E-state index in [2.05, 4.69) is 15.2 Å². The minimum Gasteiger partial charge on any atom is -0.381 e. The van der Waals surface area contributed by atoms with Gasteiger partial charge in [-0.15, -0.1) is 0 Å². The molecule has 1 unspecified atom stereocenters. The number of guanidine groups is 1. The summed E-state index contributed by atoms with van der Waals surface area (Å²) in [5, 5.41) is 14.1. The molecule has 23 heavy (non-hydrogen) atoms. The molecule has 7 nitrogen and oxygen atoms in total. The van der Waals surface area contributed by atoms with Gasteiger partial charge in [0, 0.05) is 51.3 Å². The van der Waals surface area contributed by atoms with E-state index in [0.29, 0.717) is 12.5 Å². The fraction of sp³-hybridized carbons (Fsp3) is 0.562. The molecule has 1 atom stereocenters. The van der Waals surface area contributed by atoms with Crippen LogP contribution in [0.4, 0.5) is 5.69 Å². The quantitative estimate of drug-likeness (QED) is 0.375. The van der Waals surface area contributed by atoms with Crippen LogP contribution in [0.2, 0.25) is 0 Å². The summed E-state index contributed by atoms with van der Waals surface area (Å²) in [5.41, 5.74) is 0.975. The summed E-state index contributed by atoms with van der Waals surface area (Å²) in [4.78, 5) is 17.0. The highest BCUT2D eigenvalue weighted by atomic mass is 16.6. The van der Waals surface area contributed by atoms with Gasteiger partial charge < -0.3 is 15.0 Å². The molecular formula is C16H24N4O3. The molecule has 1 fully saturated rings. The molecule has 1 saturated heterocycles. The standard InChI is InChI=1S/C16H24N4O3/c1-3-23-12-14-7-8-19(11-14)16(17-2)18-10-13-5-4-6-15(9-13)20(21)22/h4-6,9,14H,3,7-8,10-12H2,1-2H3,(H,17,18). The number of rotatable bonds is 6. The van der Waals surface area contributed by atoms with E-state index in [4.69, 9.17) is 4.74 Å². The zero-order valence-corrected chi connectivity index (χ0v) is 13.7. The number of aliphatic imine (C=N–C) groups is 1. The van der Waals surface area contributed by atoms with Crippen molar-refractivity contribution in [2.75, 3.05) is 33.4 Å². The van der Waals surface area contributed by atoms with Crippen molar-refractivity contribution in [3.05, 3.63) is 39.9 Å². The maximum atomic E-state index is 10.8. The third-order valence-corrected chi connectivity index (χ3v) is 3.93. The van der Waals surface area contributed by atoms with Crippen molar-refractivity contribution in [3.8, 4) is 0 Å². The number of non-ortho nitro benzene ring substituents is 1. The number of hydrogen-bond acceptors (Lipinski definition) is 4. The van der Waals surface area contributed by atoms with Crippen LogP contribution in [0.3, 0.4) is 0 Å². The zero-order valence-electron chi connectivity index (χ0n) is 13.7. The second-order valence-electron chi connectivity index (χ2n) is 5.59. The summed E-state index contributed by atoms with van der Waals surface area (Å²) in [6, 6.07) is 6.65. The van der Waals surface area contributed by atoms with Crippen molar-refractivity contribution >= 4 is 11.6 Å². The Bertz CT molecular complexity index is 562. The molecule has 0 bridgehead atoms. The molecule has 1 aliphatic rings. The van der Waals surface area contributed by atoms with Crippen LogP contribution in [0.25, 0.3) is 0 Å². The molecule has 1 aromatic carbocycles. The van der Waals surface area contributed by atoms with Crippen LogP contribution in [0.15, 0.2) is 29.3 Å². The first-order valence-electron chi connectivity index (χ1n) is 7.90. The van der Waals surface area contributed by atoms with Crippen LogP contribution < -0.4 is 5.32 Å². The second kappa shape index (κ2) is 8.47. The van der Waals surface area contributed by atoms with Gasteiger partial charge >= 0.3 is 0 Å². The van der Waals surface area contributed by atoms with Crippen LogP contribution in [0, 0.1) is 16.0 Å². The van der Waals surface area contributed by atoms with Crippen molar-refractivity contribution in [2.45, 2.75) is 19.9 Å². The summed E-state index contributed by atoms with van der Waals surface area (Å²) in [6.07, 6.45) is 1.09. The van der Waals surface area contributed by atoms with Crippen molar-refractivity contribution in [2.24, 2.45) is 10.9 Å². The first-order valence-corrected chi connectivity index (χ1v) is 7.90. The summed E-state index contributed by atoms with van der Waals surface area (Å²) in [5.74, 6) is 1.36. The van der Waals surface area contributed by atoms with E-state index in [1.807, 2.05) is 13.0 Å². The average Bonchev–Trinajstić information content (AvgIpc) is 3.02. The Hall–Kier alpha value is -2.15. The summed E-state index contributed by atoms with van der Waals surface area (Å²) >= 11 is 0. The highest BCUT2D eigenvalue weighted by Crippen LogP contribution is 2.17. The van der Waals surface area contributed by atoms with E-state index >= 15 is 0 Å². The van der Waals surface area contributed by atoms with Crippen LogP contribution in [-0.4, -0.2) is 49.1 Å². The van der Waals surface area contributed by atoms with Gasteiger partial charge in [-0.1, -0.05) is 12.1 Å². The van der Waals surface area contributed by atoms with Crippen LogP contribution in [-0.2, 0) is 11.3 Å². The van der Waals surface area contributed by atoms with E-state index in [-0.39, 0.29) is 10.6 Å². The molecule has 0 saturated carbocycles. The van der Waals surface area contributed by atoms with Gasteiger partial charge in [-0.05, 0) is 18.9 Å². The molecular weight excluding hydrogens is 296 g/mol. The summed E-state index contributed by atoms with van der Waals surface area (Å²) in [6.45, 7) is 5.93.